The molecule has 0 bridgehead atoms. The number of carbonyl (C=O) groups is 7. The van der Waals surface area contributed by atoms with Crippen molar-refractivity contribution in [2.75, 3.05) is 22.9 Å². The van der Waals surface area contributed by atoms with Gasteiger partial charge in [-0.3, -0.25) is 33.7 Å². The number of hydrogen-bond donors (Lipinski definition) is 3. The van der Waals surface area contributed by atoms with E-state index >= 15 is 0 Å². The molecule has 12 nitrogen and oxygen atoms in total. The quantitative estimate of drug-likeness (QED) is 0.312. The summed E-state index contributed by atoms with van der Waals surface area (Å²) in [5.41, 5.74) is 0.501. The normalized spacial score (nSPS) is 15.6. The van der Waals surface area contributed by atoms with Crippen molar-refractivity contribution in [1.82, 2.24) is 10.6 Å². The molecule has 0 radical (unpaired) electrons. The highest BCUT2D eigenvalue weighted by atomic mass is 16.4. The van der Waals surface area contributed by atoms with Crippen LogP contribution in [-0.2, 0) is 28.8 Å². The van der Waals surface area contributed by atoms with Crippen LogP contribution in [0.3, 0.4) is 0 Å². The van der Waals surface area contributed by atoms with Crippen LogP contribution in [-0.4, -0.2) is 71.9 Å². The predicted molar refractivity (Wildman–Crippen MR) is 130 cm³/mol. The Kier molecular flexibility index (Phi) is 8.46. The Morgan fingerprint density at radius 3 is 2.24 bits per heavy atom. The van der Waals surface area contributed by atoms with E-state index in [0.29, 0.717) is 0 Å². The standard InChI is InChI=1S/C25H24N4O8/c1-15(31)24(36)28-12-18(27-23(35)16-7-3-2-4-8-16)25(37)29(20-10-6-5-9-19(20)28)13-21(32)26-17(14-30)11-22(33)34/h2-10,14,17-18H,11-13H2,1H3,(H,26,32)(H,27,35)(H,33,34). The number of ketones is 1. The zero-order valence-electron chi connectivity index (χ0n) is 19.7. The van der Waals surface area contributed by atoms with E-state index in [-0.39, 0.29) is 29.8 Å². The van der Waals surface area contributed by atoms with Gasteiger partial charge in [0.1, 0.15) is 18.9 Å². The fourth-order valence-corrected chi connectivity index (χ4v) is 3.79. The van der Waals surface area contributed by atoms with Crippen LogP contribution in [0.2, 0.25) is 0 Å². The number of Topliss-reactive ketones (excluding diaryl/α,β-unsaturated/α-hetero) is 1. The van der Waals surface area contributed by atoms with Crippen molar-refractivity contribution in [1.29, 1.82) is 0 Å². The summed E-state index contributed by atoms with van der Waals surface area (Å²) in [6.45, 7) is 0.0307. The molecule has 0 aromatic heterocycles. The van der Waals surface area contributed by atoms with Crippen molar-refractivity contribution in [2.24, 2.45) is 0 Å². The number of fused-ring (bicyclic) bond motifs is 1. The molecule has 1 heterocycles. The number of carboxylic acids is 1. The molecule has 3 N–H and O–H groups in total. The number of para-hydroxylation sites is 2. The minimum atomic E-state index is -1.35. The van der Waals surface area contributed by atoms with E-state index < -0.39 is 60.4 Å². The highest BCUT2D eigenvalue weighted by molar-refractivity contribution is 6.41. The first-order chi connectivity index (χ1) is 17.6. The lowest BCUT2D eigenvalue weighted by atomic mass is 10.1. The first-order valence-corrected chi connectivity index (χ1v) is 11.2. The molecule has 0 fully saturated rings. The molecule has 2 atom stereocenters. The minimum Gasteiger partial charge on any atom is -0.481 e. The molecular formula is C25H24N4O8. The van der Waals surface area contributed by atoms with Gasteiger partial charge < -0.3 is 25.4 Å². The first-order valence-electron chi connectivity index (χ1n) is 11.2. The summed E-state index contributed by atoms with van der Waals surface area (Å²) in [7, 11) is 0. The third-order valence-corrected chi connectivity index (χ3v) is 5.49. The molecule has 1 aliphatic rings. The summed E-state index contributed by atoms with van der Waals surface area (Å²) >= 11 is 0. The number of carboxylic acid groups (broad SMARTS) is 1. The molecule has 0 aliphatic carbocycles. The van der Waals surface area contributed by atoms with Gasteiger partial charge >= 0.3 is 5.97 Å². The Balaban J connectivity index is 1.99. The van der Waals surface area contributed by atoms with Crippen LogP contribution in [0.4, 0.5) is 11.4 Å². The van der Waals surface area contributed by atoms with Crippen LogP contribution in [0.5, 0.6) is 0 Å². The molecule has 4 amide bonds. The predicted octanol–water partition coefficient (Wildman–Crippen LogP) is -0.0878. The number of amides is 4. The van der Waals surface area contributed by atoms with E-state index in [2.05, 4.69) is 10.6 Å². The van der Waals surface area contributed by atoms with Crippen molar-refractivity contribution < 1.29 is 38.7 Å². The molecule has 2 unspecified atom stereocenters. The van der Waals surface area contributed by atoms with Gasteiger partial charge in [0.05, 0.1) is 30.4 Å². The maximum Gasteiger partial charge on any atom is 0.305 e. The number of anilines is 2. The van der Waals surface area contributed by atoms with Gasteiger partial charge in [-0.25, -0.2) is 0 Å². The second-order valence-corrected chi connectivity index (χ2v) is 8.19. The zero-order valence-corrected chi connectivity index (χ0v) is 19.7. The smallest absolute Gasteiger partial charge is 0.305 e. The van der Waals surface area contributed by atoms with Crippen LogP contribution in [0, 0.1) is 0 Å². The Labute approximate surface area is 211 Å². The fraction of sp³-hybridized carbons (Fsp3) is 0.240. The van der Waals surface area contributed by atoms with Gasteiger partial charge in [0.25, 0.3) is 17.7 Å². The molecule has 2 aromatic rings. The van der Waals surface area contributed by atoms with E-state index in [9.17, 15) is 33.6 Å². The van der Waals surface area contributed by atoms with Crippen molar-refractivity contribution in [3.05, 3.63) is 60.2 Å². The minimum absolute atomic E-state index is 0.106. The highest BCUT2D eigenvalue weighted by Gasteiger charge is 2.38. The average Bonchev–Trinajstić information content (AvgIpc) is 2.98. The number of carbonyl (C=O) groups excluding carboxylic acids is 6. The lowest BCUT2D eigenvalue weighted by molar-refractivity contribution is -0.139. The summed E-state index contributed by atoms with van der Waals surface area (Å²) < 4.78 is 0. The summed E-state index contributed by atoms with van der Waals surface area (Å²) in [5.74, 6) is -5.26. The Hall–Kier alpha value is -4.87. The van der Waals surface area contributed by atoms with Gasteiger partial charge in [-0.1, -0.05) is 30.3 Å². The van der Waals surface area contributed by atoms with E-state index in [1.807, 2.05) is 0 Å². The third kappa shape index (κ3) is 6.42. The molecule has 12 heteroatoms. The van der Waals surface area contributed by atoms with Gasteiger partial charge in [-0.2, -0.15) is 0 Å². The van der Waals surface area contributed by atoms with Crippen LogP contribution < -0.4 is 20.4 Å². The maximum atomic E-state index is 13.6. The SMILES string of the molecule is CC(=O)C(=O)N1CC(NC(=O)c2ccccc2)C(=O)N(CC(=O)NC(C=O)CC(=O)O)c2ccccc21. The molecule has 0 spiro atoms. The summed E-state index contributed by atoms with van der Waals surface area (Å²) in [5, 5.41) is 13.7. The van der Waals surface area contributed by atoms with Crippen molar-refractivity contribution >= 4 is 53.0 Å². The maximum absolute atomic E-state index is 13.6. The largest absolute Gasteiger partial charge is 0.481 e. The second-order valence-electron chi connectivity index (χ2n) is 8.19. The van der Waals surface area contributed by atoms with E-state index in [0.717, 1.165) is 16.7 Å². The highest BCUT2D eigenvalue weighted by Crippen LogP contribution is 2.33. The summed E-state index contributed by atoms with van der Waals surface area (Å²) in [6.07, 6.45) is -0.392. The Morgan fingerprint density at radius 2 is 1.65 bits per heavy atom. The third-order valence-electron chi connectivity index (χ3n) is 5.49. The summed E-state index contributed by atoms with van der Waals surface area (Å²) in [6, 6.07) is 11.4. The molecular weight excluding hydrogens is 484 g/mol. The molecule has 0 saturated heterocycles. The topological polar surface area (TPSA) is 170 Å². The van der Waals surface area contributed by atoms with E-state index in [4.69, 9.17) is 5.11 Å². The van der Waals surface area contributed by atoms with Crippen molar-refractivity contribution in [2.45, 2.75) is 25.4 Å². The van der Waals surface area contributed by atoms with Gasteiger partial charge in [-0.15, -0.1) is 0 Å². The number of aldehydes is 1. The van der Waals surface area contributed by atoms with Gasteiger partial charge in [0, 0.05) is 12.5 Å². The van der Waals surface area contributed by atoms with E-state index in [1.54, 1.807) is 30.3 Å². The molecule has 1 aliphatic heterocycles. The molecule has 0 saturated carbocycles. The van der Waals surface area contributed by atoms with Gasteiger partial charge in [0.2, 0.25) is 11.7 Å². The van der Waals surface area contributed by atoms with Crippen LogP contribution in [0.1, 0.15) is 23.7 Å². The molecule has 192 valence electrons. The van der Waals surface area contributed by atoms with Crippen LogP contribution in [0.15, 0.2) is 54.6 Å². The number of aliphatic carboxylic acids is 1. The number of rotatable bonds is 9. The zero-order chi connectivity index (χ0) is 27.1. The van der Waals surface area contributed by atoms with E-state index in [1.165, 1.54) is 24.3 Å². The summed E-state index contributed by atoms with van der Waals surface area (Å²) in [4.78, 5) is 88.2. The molecule has 2 aromatic carbocycles. The Morgan fingerprint density at radius 1 is 1.03 bits per heavy atom. The van der Waals surface area contributed by atoms with Gasteiger partial charge in [-0.05, 0) is 24.3 Å². The van der Waals surface area contributed by atoms with Crippen molar-refractivity contribution in [3.63, 3.8) is 0 Å². The number of nitrogens with one attached hydrogen (secondary N) is 2. The number of benzene rings is 2. The van der Waals surface area contributed by atoms with Gasteiger partial charge in [0.15, 0.2) is 0 Å². The number of nitrogens with zero attached hydrogens (tertiary/aromatic N) is 2. The van der Waals surface area contributed by atoms with Crippen LogP contribution in [0.25, 0.3) is 0 Å². The number of hydrogen-bond acceptors (Lipinski definition) is 7. The molecule has 37 heavy (non-hydrogen) atoms. The lowest BCUT2D eigenvalue weighted by Crippen LogP contribution is -2.55. The second kappa shape index (κ2) is 11.7. The van der Waals surface area contributed by atoms with Crippen LogP contribution >= 0.6 is 0 Å². The fourth-order valence-electron chi connectivity index (χ4n) is 3.79. The average molecular weight is 508 g/mol. The lowest BCUT2D eigenvalue weighted by Gasteiger charge is -2.25. The molecule has 3 rings (SSSR count). The Bertz CT molecular complexity index is 1250. The van der Waals surface area contributed by atoms with Crippen molar-refractivity contribution in [3.8, 4) is 0 Å². The first kappa shape index (κ1) is 26.7. The monoisotopic (exact) mass is 508 g/mol.